The first kappa shape index (κ1) is 13.9. The average molecular weight is 285 g/mol. The third-order valence-corrected chi connectivity index (χ3v) is 4.29. The zero-order chi connectivity index (χ0) is 14.9. The summed E-state index contributed by atoms with van der Waals surface area (Å²) in [6.45, 7) is 3.11. The molecule has 2 aliphatic rings. The molecule has 0 unspecified atom stereocenters. The van der Waals surface area contributed by atoms with E-state index < -0.39 is 5.60 Å². The van der Waals surface area contributed by atoms with Gasteiger partial charge in [0.05, 0.1) is 12.0 Å². The maximum Gasteiger partial charge on any atom is 0.246 e. The molecule has 1 fully saturated rings. The summed E-state index contributed by atoms with van der Waals surface area (Å²) < 4.78 is 6.14. The number of para-hydroxylation sites is 1. The van der Waals surface area contributed by atoms with Gasteiger partial charge in [-0.1, -0.05) is 18.2 Å². The summed E-state index contributed by atoms with van der Waals surface area (Å²) in [6.07, 6.45) is 5.16. The number of hydrogen-bond acceptors (Lipinski definition) is 3. The number of rotatable bonds is 1. The molecule has 1 aromatic rings. The predicted octanol–water partition coefficient (Wildman–Crippen LogP) is 2.59. The molecule has 0 atom stereocenters. The summed E-state index contributed by atoms with van der Waals surface area (Å²) in [4.78, 5) is 26.0. The number of nitrogens with zero attached hydrogens (tertiary/aromatic N) is 1. The molecule has 4 nitrogen and oxygen atoms in total. The Morgan fingerprint density at radius 1 is 1.29 bits per heavy atom. The van der Waals surface area contributed by atoms with Crippen molar-refractivity contribution in [1.82, 2.24) is 4.90 Å². The zero-order valence-electron chi connectivity index (χ0n) is 12.2. The van der Waals surface area contributed by atoms with Crippen molar-refractivity contribution in [1.29, 1.82) is 0 Å². The minimum Gasteiger partial charge on any atom is -0.486 e. The number of ether oxygens (including phenoxy) is 1. The van der Waals surface area contributed by atoms with E-state index in [1.54, 1.807) is 12.2 Å². The summed E-state index contributed by atoms with van der Waals surface area (Å²) in [7, 11) is 0. The zero-order valence-corrected chi connectivity index (χ0v) is 12.2. The molecular formula is C17H19NO3. The Labute approximate surface area is 124 Å². The van der Waals surface area contributed by atoms with Crippen molar-refractivity contribution >= 4 is 11.7 Å². The number of carbonyl (C=O) groups excluding carboxylic acids is 2. The van der Waals surface area contributed by atoms with Crippen LogP contribution in [0.25, 0.3) is 0 Å². The van der Waals surface area contributed by atoms with Crippen molar-refractivity contribution in [3.8, 4) is 5.75 Å². The van der Waals surface area contributed by atoms with Crippen molar-refractivity contribution < 1.29 is 14.3 Å². The Hall–Kier alpha value is -2.10. The minimum absolute atomic E-state index is 0.0369. The van der Waals surface area contributed by atoms with Gasteiger partial charge in [0.2, 0.25) is 5.91 Å². The van der Waals surface area contributed by atoms with Crippen LogP contribution in [0.2, 0.25) is 0 Å². The van der Waals surface area contributed by atoms with Gasteiger partial charge >= 0.3 is 0 Å². The lowest BCUT2D eigenvalue weighted by Crippen LogP contribution is -2.52. The number of amides is 1. The summed E-state index contributed by atoms with van der Waals surface area (Å²) in [5.74, 6) is 0.863. The van der Waals surface area contributed by atoms with Crippen LogP contribution in [0.4, 0.5) is 0 Å². The van der Waals surface area contributed by atoms with Gasteiger partial charge < -0.3 is 9.64 Å². The third kappa shape index (κ3) is 2.58. The minimum atomic E-state index is -0.432. The van der Waals surface area contributed by atoms with Crippen LogP contribution in [0, 0.1) is 0 Å². The lowest BCUT2D eigenvalue weighted by atomic mass is 9.82. The van der Waals surface area contributed by atoms with Gasteiger partial charge in [0.15, 0.2) is 5.78 Å². The lowest BCUT2D eigenvalue weighted by Gasteiger charge is -2.43. The first-order valence-electron chi connectivity index (χ1n) is 7.36. The molecule has 3 rings (SSSR count). The van der Waals surface area contributed by atoms with Crippen LogP contribution < -0.4 is 4.74 Å². The van der Waals surface area contributed by atoms with E-state index in [0.29, 0.717) is 43.7 Å². The van der Waals surface area contributed by atoms with E-state index in [-0.39, 0.29) is 11.7 Å². The molecule has 1 amide bonds. The van der Waals surface area contributed by atoms with Gasteiger partial charge in [-0.2, -0.15) is 0 Å². The maximum atomic E-state index is 12.3. The van der Waals surface area contributed by atoms with Crippen molar-refractivity contribution in [3.63, 3.8) is 0 Å². The molecule has 1 aromatic carbocycles. The summed E-state index contributed by atoms with van der Waals surface area (Å²) in [6, 6.07) is 7.41. The van der Waals surface area contributed by atoms with Crippen LogP contribution in [0.15, 0.2) is 36.4 Å². The molecule has 0 aliphatic carbocycles. The molecule has 21 heavy (non-hydrogen) atoms. The molecule has 4 heteroatoms. The first-order chi connectivity index (χ1) is 10.1. The summed E-state index contributed by atoms with van der Waals surface area (Å²) in [5.41, 5.74) is 0.244. The average Bonchev–Trinajstić information content (AvgIpc) is 2.48. The number of allylic oxidation sites excluding steroid dienone is 1. The quantitative estimate of drug-likeness (QED) is 0.745. The number of fused-ring (bicyclic) bond motifs is 1. The topological polar surface area (TPSA) is 46.6 Å². The molecule has 1 spiro atoms. The summed E-state index contributed by atoms with van der Waals surface area (Å²) in [5, 5.41) is 0. The van der Waals surface area contributed by atoms with E-state index in [1.807, 2.05) is 36.1 Å². The van der Waals surface area contributed by atoms with Crippen LogP contribution in [-0.4, -0.2) is 35.3 Å². The maximum absolute atomic E-state index is 12.3. The molecule has 110 valence electrons. The second-order valence-electron chi connectivity index (χ2n) is 5.71. The van der Waals surface area contributed by atoms with Crippen molar-refractivity contribution in [2.24, 2.45) is 0 Å². The molecule has 0 saturated carbocycles. The normalized spacial score (nSPS) is 20.4. The highest BCUT2D eigenvalue weighted by molar-refractivity contribution is 6.00. The molecule has 1 saturated heterocycles. The van der Waals surface area contributed by atoms with Crippen molar-refractivity contribution in [3.05, 3.63) is 42.0 Å². The number of carbonyl (C=O) groups is 2. The largest absolute Gasteiger partial charge is 0.486 e. The van der Waals surface area contributed by atoms with E-state index in [4.69, 9.17) is 4.74 Å². The number of hydrogen-bond donors (Lipinski definition) is 0. The SMILES string of the molecule is C/C=C/C(=O)N1CCC2(CC1)CC(=O)c1ccccc1O2. The van der Waals surface area contributed by atoms with E-state index >= 15 is 0 Å². The molecular weight excluding hydrogens is 266 g/mol. The highest BCUT2D eigenvalue weighted by Gasteiger charge is 2.43. The standard InChI is InChI=1S/C17H19NO3/c1-2-5-16(20)18-10-8-17(9-11-18)12-14(19)13-6-3-4-7-15(13)21-17/h2-7H,8-12H2,1H3/b5-2+. The van der Waals surface area contributed by atoms with Crippen LogP contribution in [0.3, 0.4) is 0 Å². The highest BCUT2D eigenvalue weighted by Crippen LogP contribution is 2.39. The molecule has 2 heterocycles. The second-order valence-corrected chi connectivity index (χ2v) is 5.71. The second kappa shape index (κ2) is 5.35. The Morgan fingerprint density at radius 3 is 2.71 bits per heavy atom. The van der Waals surface area contributed by atoms with Gasteiger partial charge in [-0.05, 0) is 25.1 Å². The third-order valence-electron chi connectivity index (χ3n) is 4.29. The first-order valence-corrected chi connectivity index (χ1v) is 7.36. The monoisotopic (exact) mass is 285 g/mol. The van der Waals surface area contributed by atoms with Crippen LogP contribution in [-0.2, 0) is 4.79 Å². The fourth-order valence-electron chi connectivity index (χ4n) is 3.10. The number of likely N-dealkylation sites (tertiary alicyclic amines) is 1. The predicted molar refractivity (Wildman–Crippen MR) is 79.4 cm³/mol. The highest BCUT2D eigenvalue weighted by atomic mass is 16.5. The number of Topliss-reactive ketones (excluding diaryl/α,β-unsaturated/α-hetero) is 1. The molecule has 0 N–H and O–H groups in total. The molecule has 0 aromatic heterocycles. The van der Waals surface area contributed by atoms with Gasteiger partial charge in [-0.25, -0.2) is 0 Å². The Balaban J connectivity index is 1.75. The molecule has 0 bridgehead atoms. The van der Waals surface area contributed by atoms with Gasteiger partial charge in [0.1, 0.15) is 11.4 Å². The van der Waals surface area contributed by atoms with Crippen molar-refractivity contribution in [2.75, 3.05) is 13.1 Å². The summed E-state index contributed by atoms with van der Waals surface area (Å²) >= 11 is 0. The van der Waals surface area contributed by atoms with Crippen molar-refractivity contribution in [2.45, 2.75) is 31.8 Å². The van der Waals surface area contributed by atoms with E-state index in [9.17, 15) is 9.59 Å². The van der Waals surface area contributed by atoms with Gasteiger partial charge in [0, 0.05) is 25.9 Å². The van der Waals surface area contributed by atoms with E-state index in [2.05, 4.69) is 0 Å². The smallest absolute Gasteiger partial charge is 0.246 e. The Kier molecular flexibility index (Phi) is 3.53. The number of benzene rings is 1. The Morgan fingerprint density at radius 2 is 2.00 bits per heavy atom. The van der Waals surface area contributed by atoms with E-state index in [1.165, 1.54) is 0 Å². The Bertz CT molecular complexity index is 598. The fourth-order valence-corrected chi connectivity index (χ4v) is 3.10. The molecule has 2 aliphatic heterocycles. The van der Waals surface area contributed by atoms with Crippen LogP contribution in [0.1, 0.15) is 36.5 Å². The van der Waals surface area contributed by atoms with Gasteiger partial charge in [0.25, 0.3) is 0 Å². The fraction of sp³-hybridized carbons (Fsp3) is 0.412. The van der Waals surface area contributed by atoms with Gasteiger partial charge in [-0.15, -0.1) is 0 Å². The van der Waals surface area contributed by atoms with Crippen LogP contribution >= 0.6 is 0 Å². The molecule has 0 radical (unpaired) electrons. The number of ketones is 1. The van der Waals surface area contributed by atoms with Crippen LogP contribution in [0.5, 0.6) is 5.75 Å². The number of piperidine rings is 1. The van der Waals surface area contributed by atoms with Gasteiger partial charge in [-0.3, -0.25) is 9.59 Å². The lowest BCUT2D eigenvalue weighted by molar-refractivity contribution is -0.129. The van der Waals surface area contributed by atoms with E-state index in [0.717, 1.165) is 0 Å².